The number of anilines is 1. The highest BCUT2D eigenvalue weighted by Crippen LogP contribution is 2.38. The second-order valence-corrected chi connectivity index (χ2v) is 9.42. The van der Waals surface area contributed by atoms with Crippen molar-refractivity contribution in [2.24, 2.45) is 11.8 Å². The van der Waals surface area contributed by atoms with Crippen molar-refractivity contribution in [2.75, 3.05) is 31.1 Å². The minimum atomic E-state index is 0.185. The molecule has 0 atom stereocenters. The molecule has 1 amide bonds. The minimum absolute atomic E-state index is 0.185. The van der Waals surface area contributed by atoms with Crippen LogP contribution in [0.25, 0.3) is 10.8 Å². The maximum atomic E-state index is 12.9. The zero-order valence-corrected chi connectivity index (χ0v) is 17.6. The van der Waals surface area contributed by atoms with Gasteiger partial charge in [-0.15, -0.1) is 0 Å². The lowest BCUT2D eigenvalue weighted by atomic mass is 9.76. The van der Waals surface area contributed by atoms with Gasteiger partial charge in [-0.25, -0.2) is 0 Å². The number of benzene rings is 2. The van der Waals surface area contributed by atoms with Crippen LogP contribution in [-0.2, 0) is 0 Å². The maximum Gasteiger partial charge on any atom is 0.258 e. The minimum Gasteiger partial charge on any atom is -0.308 e. The molecule has 2 aliphatic heterocycles. The average molecular weight is 391 g/mol. The average Bonchev–Trinajstić information content (AvgIpc) is 3.06. The molecule has 0 radical (unpaired) electrons. The Bertz CT molecular complexity index is 857. The van der Waals surface area contributed by atoms with Crippen LogP contribution < -0.4 is 4.90 Å². The first-order valence-electron chi connectivity index (χ1n) is 11.9. The van der Waals surface area contributed by atoms with Crippen LogP contribution in [0.1, 0.15) is 68.1 Å². The zero-order valence-electron chi connectivity index (χ0n) is 17.6. The number of unbranched alkanes of at least 4 members (excludes halogenated alkanes) is 1. The van der Waals surface area contributed by atoms with E-state index in [9.17, 15) is 4.79 Å². The summed E-state index contributed by atoms with van der Waals surface area (Å²) < 4.78 is 0. The Morgan fingerprint density at radius 3 is 2.28 bits per heavy atom. The largest absolute Gasteiger partial charge is 0.308 e. The van der Waals surface area contributed by atoms with Crippen molar-refractivity contribution >= 4 is 22.4 Å². The number of rotatable bonds is 6. The monoisotopic (exact) mass is 390 g/mol. The van der Waals surface area contributed by atoms with Gasteiger partial charge in [0.1, 0.15) is 0 Å². The first kappa shape index (κ1) is 19.1. The predicted molar refractivity (Wildman–Crippen MR) is 121 cm³/mol. The zero-order chi connectivity index (χ0) is 19.6. The summed E-state index contributed by atoms with van der Waals surface area (Å²) in [4.78, 5) is 17.5. The second kappa shape index (κ2) is 8.47. The molecule has 1 saturated heterocycles. The molecule has 5 rings (SSSR count). The molecule has 29 heavy (non-hydrogen) atoms. The third-order valence-corrected chi connectivity index (χ3v) is 7.70. The number of amides is 1. The van der Waals surface area contributed by atoms with E-state index in [0.29, 0.717) is 0 Å². The van der Waals surface area contributed by atoms with Gasteiger partial charge in [0.2, 0.25) is 0 Å². The second-order valence-electron chi connectivity index (χ2n) is 9.42. The van der Waals surface area contributed by atoms with Crippen LogP contribution in [0.15, 0.2) is 36.4 Å². The highest BCUT2D eigenvalue weighted by molar-refractivity contribution is 6.24. The first-order chi connectivity index (χ1) is 14.3. The topological polar surface area (TPSA) is 23.6 Å². The van der Waals surface area contributed by atoms with Crippen molar-refractivity contribution in [2.45, 2.75) is 57.8 Å². The van der Waals surface area contributed by atoms with Crippen molar-refractivity contribution < 1.29 is 4.79 Å². The molecule has 2 aromatic rings. The highest BCUT2D eigenvalue weighted by atomic mass is 16.2. The number of carbonyl (C=O) groups is 1. The highest BCUT2D eigenvalue weighted by Gasteiger charge is 2.29. The van der Waals surface area contributed by atoms with Crippen LogP contribution in [0.5, 0.6) is 0 Å². The number of hydrogen-bond donors (Lipinski definition) is 0. The van der Waals surface area contributed by atoms with Gasteiger partial charge in [0.25, 0.3) is 5.91 Å². The predicted octanol–water partition coefficient (Wildman–Crippen LogP) is 5.87. The van der Waals surface area contributed by atoms with Crippen molar-refractivity contribution in [3.63, 3.8) is 0 Å². The molecule has 154 valence electrons. The third-order valence-electron chi connectivity index (χ3n) is 7.70. The molecule has 3 heteroatoms. The summed E-state index contributed by atoms with van der Waals surface area (Å²) in [5.41, 5.74) is 1.99. The molecule has 2 heterocycles. The Balaban J connectivity index is 1.09. The third kappa shape index (κ3) is 3.82. The number of nitrogens with zero attached hydrogens (tertiary/aromatic N) is 2. The lowest BCUT2D eigenvalue weighted by molar-refractivity contribution is 0.0991. The Labute approximate surface area is 175 Å². The Morgan fingerprint density at radius 1 is 0.793 bits per heavy atom. The molecule has 0 N–H and O–H groups in total. The molecule has 3 aliphatic rings. The van der Waals surface area contributed by atoms with Crippen LogP contribution in [0.3, 0.4) is 0 Å². The van der Waals surface area contributed by atoms with E-state index in [-0.39, 0.29) is 5.91 Å². The van der Waals surface area contributed by atoms with Gasteiger partial charge in [0, 0.05) is 17.5 Å². The molecule has 1 aliphatic carbocycles. The van der Waals surface area contributed by atoms with Crippen LogP contribution in [0.2, 0.25) is 0 Å². The van der Waals surface area contributed by atoms with Gasteiger partial charge < -0.3 is 9.80 Å². The summed E-state index contributed by atoms with van der Waals surface area (Å²) in [7, 11) is 0. The summed E-state index contributed by atoms with van der Waals surface area (Å²) in [6, 6.07) is 12.4. The molecule has 2 aromatic carbocycles. The molecule has 2 fully saturated rings. The molecular weight excluding hydrogens is 356 g/mol. The quantitative estimate of drug-likeness (QED) is 0.576. The molecule has 1 saturated carbocycles. The van der Waals surface area contributed by atoms with Crippen LogP contribution in [-0.4, -0.2) is 37.0 Å². The van der Waals surface area contributed by atoms with Crippen LogP contribution in [0.4, 0.5) is 5.69 Å². The maximum absolute atomic E-state index is 12.9. The number of carbonyl (C=O) groups excluding carboxylic acids is 1. The fourth-order valence-electron chi connectivity index (χ4n) is 6.06. The van der Waals surface area contributed by atoms with Crippen LogP contribution in [0, 0.1) is 11.8 Å². The Hall–Kier alpha value is -1.87. The van der Waals surface area contributed by atoms with E-state index in [1.165, 1.54) is 76.4 Å². The number of likely N-dealkylation sites (tertiary alicyclic amines) is 1. The molecule has 0 aromatic heterocycles. The normalized spacial score (nSPS) is 21.4. The van der Waals surface area contributed by atoms with E-state index >= 15 is 0 Å². The Morgan fingerprint density at radius 2 is 1.48 bits per heavy atom. The van der Waals surface area contributed by atoms with Crippen molar-refractivity contribution in [3.8, 4) is 0 Å². The molecule has 0 bridgehead atoms. The van der Waals surface area contributed by atoms with Crippen LogP contribution >= 0.6 is 0 Å². The lowest BCUT2D eigenvalue weighted by Crippen LogP contribution is -2.37. The van der Waals surface area contributed by atoms with E-state index in [2.05, 4.69) is 29.2 Å². The lowest BCUT2D eigenvalue weighted by Gasteiger charge is -2.37. The van der Waals surface area contributed by atoms with Gasteiger partial charge in [0.15, 0.2) is 0 Å². The Kier molecular flexibility index (Phi) is 5.59. The molecular formula is C26H34N2O. The van der Waals surface area contributed by atoms with Gasteiger partial charge in [-0.2, -0.15) is 0 Å². The number of hydrogen-bond acceptors (Lipinski definition) is 2. The summed E-state index contributed by atoms with van der Waals surface area (Å²) in [6.45, 7) is 4.60. The number of piperidine rings is 1. The van der Waals surface area contributed by atoms with E-state index in [1.807, 2.05) is 17.0 Å². The SMILES string of the molecule is O=C1c2cccc3cccc(c23)N1CCCCN1CCC(C2CCCCC2)CC1. The van der Waals surface area contributed by atoms with Crippen molar-refractivity contribution in [1.82, 2.24) is 4.90 Å². The molecule has 3 nitrogen and oxygen atoms in total. The fourth-order valence-corrected chi connectivity index (χ4v) is 6.06. The fraction of sp³-hybridized carbons (Fsp3) is 0.577. The smallest absolute Gasteiger partial charge is 0.258 e. The summed E-state index contributed by atoms with van der Waals surface area (Å²) in [5.74, 6) is 2.20. The van der Waals surface area contributed by atoms with Gasteiger partial charge in [-0.05, 0) is 74.7 Å². The molecule has 0 unspecified atom stereocenters. The summed E-state index contributed by atoms with van der Waals surface area (Å²) >= 11 is 0. The van der Waals surface area contributed by atoms with Crippen molar-refractivity contribution in [1.29, 1.82) is 0 Å². The van der Waals surface area contributed by atoms with E-state index in [0.717, 1.165) is 41.4 Å². The van der Waals surface area contributed by atoms with E-state index in [1.54, 1.807) is 0 Å². The summed E-state index contributed by atoms with van der Waals surface area (Å²) in [5, 5.41) is 2.32. The summed E-state index contributed by atoms with van der Waals surface area (Å²) in [6.07, 6.45) is 12.5. The van der Waals surface area contributed by atoms with E-state index < -0.39 is 0 Å². The van der Waals surface area contributed by atoms with Gasteiger partial charge in [-0.1, -0.05) is 56.4 Å². The standard InChI is InChI=1S/C26H34N2O/c29-26-23-12-6-10-22-11-7-13-24(25(22)23)28(26)17-5-4-16-27-18-14-21(15-19-27)20-8-2-1-3-9-20/h6-7,10-13,20-21H,1-5,8-9,14-19H2. The van der Waals surface area contributed by atoms with E-state index in [4.69, 9.17) is 0 Å². The first-order valence-corrected chi connectivity index (χ1v) is 11.9. The van der Waals surface area contributed by atoms with Gasteiger partial charge in [-0.3, -0.25) is 4.79 Å². The van der Waals surface area contributed by atoms with Crippen molar-refractivity contribution in [3.05, 3.63) is 42.0 Å². The van der Waals surface area contributed by atoms with Gasteiger partial charge in [0.05, 0.1) is 5.69 Å². The van der Waals surface area contributed by atoms with Gasteiger partial charge >= 0.3 is 0 Å². The molecule has 0 spiro atoms.